The zero-order valence-corrected chi connectivity index (χ0v) is 14.4. The molecule has 0 N–H and O–H groups in total. The second kappa shape index (κ2) is 6.92. The predicted octanol–water partition coefficient (Wildman–Crippen LogP) is 2.63. The van der Waals surface area contributed by atoms with Crippen molar-refractivity contribution in [1.29, 1.82) is 0 Å². The molecule has 2 aliphatic carbocycles. The maximum atomic E-state index is 13.9. The Bertz CT molecular complexity index is 648. The third-order valence-electron chi connectivity index (χ3n) is 5.44. The van der Waals surface area contributed by atoms with Crippen LogP contribution in [-0.2, 0) is 9.47 Å². The molecule has 1 heterocycles. The van der Waals surface area contributed by atoms with Crippen molar-refractivity contribution in [2.24, 2.45) is 5.92 Å². The van der Waals surface area contributed by atoms with Crippen LogP contribution in [0.5, 0.6) is 5.75 Å². The molecule has 1 saturated heterocycles. The van der Waals surface area contributed by atoms with E-state index in [1.807, 2.05) is 4.90 Å². The summed E-state index contributed by atoms with van der Waals surface area (Å²) < 4.78 is 30.8. The molecule has 3 fully saturated rings. The van der Waals surface area contributed by atoms with E-state index in [-0.39, 0.29) is 29.9 Å². The highest BCUT2D eigenvalue weighted by atomic mass is 19.1. The number of morpholine rings is 1. The molecule has 0 aromatic heterocycles. The third kappa shape index (κ3) is 3.37. The molecule has 0 unspecified atom stereocenters. The molecule has 0 radical (unpaired) electrons. The van der Waals surface area contributed by atoms with Crippen LogP contribution in [0.1, 0.15) is 36.0 Å². The van der Waals surface area contributed by atoms with Crippen LogP contribution in [0.4, 0.5) is 4.39 Å². The highest BCUT2D eigenvalue weighted by Crippen LogP contribution is 2.35. The Hall–Kier alpha value is -1.66. The van der Waals surface area contributed by atoms with Crippen LogP contribution in [0, 0.1) is 11.7 Å². The molecular formula is C19H24FNO4. The molecular weight excluding hydrogens is 325 g/mol. The highest BCUT2D eigenvalue weighted by molar-refractivity contribution is 5.94. The Labute approximate surface area is 147 Å². The Morgan fingerprint density at radius 3 is 2.88 bits per heavy atom. The van der Waals surface area contributed by atoms with E-state index >= 15 is 0 Å². The van der Waals surface area contributed by atoms with Gasteiger partial charge in [-0.2, -0.15) is 0 Å². The van der Waals surface area contributed by atoms with Crippen LogP contribution < -0.4 is 4.74 Å². The van der Waals surface area contributed by atoms with E-state index in [0.717, 1.165) is 19.4 Å². The highest BCUT2D eigenvalue weighted by Gasteiger charge is 2.45. The summed E-state index contributed by atoms with van der Waals surface area (Å²) in [6, 6.07) is 4.37. The minimum atomic E-state index is -0.518. The van der Waals surface area contributed by atoms with Crippen molar-refractivity contribution >= 4 is 5.91 Å². The molecule has 3 atom stereocenters. The molecule has 5 nitrogen and oxygen atoms in total. The summed E-state index contributed by atoms with van der Waals surface area (Å²) in [4.78, 5) is 14.7. The van der Waals surface area contributed by atoms with Crippen LogP contribution in [0.3, 0.4) is 0 Å². The number of fused-ring (bicyclic) bond motifs is 1. The zero-order chi connectivity index (χ0) is 17.4. The standard InChI is InChI=1S/C19H24FNO4/c1-23-16-6-4-13(10-14(16)20)19(22)21-8-9-24-18-15(21)5-7-17(18)25-11-12-2-3-12/h4,6,10,12,15,17-18H,2-3,5,7-9,11H2,1H3/t15-,17+,18+/m0/s1. The van der Waals surface area contributed by atoms with Gasteiger partial charge in [-0.25, -0.2) is 4.39 Å². The van der Waals surface area contributed by atoms with E-state index < -0.39 is 5.82 Å². The van der Waals surface area contributed by atoms with Crippen molar-refractivity contribution in [1.82, 2.24) is 4.90 Å². The topological polar surface area (TPSA) is 48.0 Å². The lowest BCUT2D eigenvalue weighted by atomic mass is 10.1. The second-order valence-electron chi connectivity index (χ2n) is 7.14. The van der Waals surface area contributed by atoms with Gasteiger partial charge in [0.2, 0.25) is 0 Å². The van der Waals surface area contributed by atoms with E-state index in [1.165, 1.54) is 32.1 Å². The summed E-state index contributed by atoms with van der Waals surface area (Å²) in [6.45, 7) is 1.83. The van der Waals surface area contributed by atoms with Gasteiger partial charge >= 0.3 is 0 Å². The first kappa shape index (κ1) is 16.8. The molecule has 1 aromatic rings. The number of carbonyl (C=O) groups excluding carboxylic acids is 1. The summed E-state index contributed by atoms with van der Waals surface area (Å²) in [6.07, 6.45) is 4.28. The van der Waals surface area contributed by atoms with Crippen LogP contribution in [-0.4, -0.2) is 55.9 Å². The molecule has 6 heteroatoms. The van der Waals surface area contributed by atoms with Gasteiger partial charge in [0.25, 0.3) is 5.91 Å². The Balaban J connectivity index is 1.46. The van der Waals surface area contributed by atoms with Gasteiger partial charge in [-0.1, -0.05) is 0 Å². The minimum Gasteiger partial charge on any atom is -0.494 e. The normalized spacial score (nSPS) is 28.7. The molecule has 1 aliphatic heterocycles. The van der Waals surface area contributed by atoms with Crippen molar-refractivity contribution in [3.8, 4) is 5.75 Å². The molecule has 136 valence electrons. The van der Waals surface area contributed by atoms with Crippen LogP contribution in [0.25, 0.3) is 0 Å². The van der Waals surface area contributed by atoms with Gasteiger partial charge in [0.05, 0.1) is 25.9 Å². The number of halogens is 1. The molecule has 1 aromatic carbocycles. The Morgan fingerprint density at radius 1 is 1.32 bits per heavy atom. The van der Waals surface area contributed by atoms with E-state index in [2.05, 4.69) is 0 Å². The van der Waals surface area contributed by atoms with Gasteiger partial charge in [-0.3, -0.25) is 4.79 Å². The van der Waals surface area contributed by atoms with Crippen LogP contribution >= 0.6 is 0 Å². The number of rotatable bonds is 5. The van der Waals surface area contributed by atoms with Crippen molar-refractivity contribution in [3.63, 3.8) is 0 Å². The fraction of sp³-hybridized carbons (Fsp3) is 0.632. The molecule has 0 spiro atoms. The van der Waals surface area contributed by atoms with E-state index in [1.54, 1.807) is 6.07 Å². The number of ether oxygens (including phenoxy) is 3. The smallest absolute Gasteiger partial charge is 0.254 e. The average molecular weight is 349 g/mol. The third-order valence-corrected chi connectivity index (χ3v) is 5.44. The van der Waals surface area contributed by atoms with Gasteiger partial charge < -0.3 is 19.1 Å². The summed E-state index contributed by atoms with van der Waals surface area (Å²) in [5.41, 5.74) is 0.348. The SMILES string of the molecule is COc1ccc(C(=O)N2CCO[C@H]3[C@H](OCC4CC4)CC[C@@H]32)cc1F. The molecule has 25 heavy (non-hydrogen) atoms. The number of amides is 1. The van der Waals surface area contributed by atoms with Gasteiger partial charge in [0, 0.05) is 18.7 Å². The largest absolute Gasteiger partial charge is 0.494 e. The first-order valence-corrected chi connectivity index (χ1v) is 9.05. The zero-order valence-electron chi connectivity index (χ0n) is 14.4. The number of methoxy groups -OCH3 is 1. The summed E-state index contributed by atoms with van der Waals surface area (Å²) in [5.74, 6) is 0.186. The Morgan fingerprint density at radius 2 is 2.16 bits per heavy atom. The number of hydrogen-bond acceptors (Lipinski definition) is 4. The maximum absolute atomic E-state index is 13.9. The summed E-state index contributed by atoms with van der Waals surface area (Å²) >= 11 is 0. The van der Waals surface area contributed by atoms with E-state index in [9.17, 15) is 9.18 Å². The number of hydrogen-bond donors (Lipinski definition) is 0. The van der Waals surface area contributed by atoms with Crippen LogP contribution in [0.2, 0.25) is 0 Å². The molecule has 4 rings (SSSR count). The molecule has 0 bridgehead atoms. The van der Waals surface area contributed by atoms with Crippen molar-refractivity contribution in [2.75, 3.05) is 26.9 Å². The fourth-order valence-corrected chi connectivity index (χ4v) is 3.86. The Kier molecular flexibility index (Phi) is 4.65. The quantitative estimate of drug-likeness (QED) is 0.820. The van der Waals surface area contributed by atoms with Gasteiger partial charge in [-0.15, -0.1) is 0 Å². The predicted molar refractivity (Wildman–Crippen MR) is 89.2 cm³/mol. The first-order chi connectivity index (χ1) is 12.2. The number of benzene rings is 1. The minimum absolute atomic E-state index is 0.00983. The fourth-order valence-electron chi connectivity index (χ4n) is 3.86. The van der Waals surface area contributed by atoms with Gasteiger partial charge in [-0.05, 0) is 49.8 Å². The summed E-state index contributed by atoms with van der Waals surface area (Å²) in [7, 11) is 1.41. The monoisotopic (exact) mass is 349 g/mol. The average Bonchev–Trinajstić information content (AvgIpc) is 3.37. The van der Waals surface area contributed by atoms with Crippen molar-refractivity contribution < 1.29 is 23.4 Å². The van der Waals surface area contributed by atoms with Gasteiger partial charge in [0.15, 0.2) is 11.6 Å². The van der Waals surface area contributed by atoms with Crippen molar-refractivity contribution in [3.05, 3.63) is 29.6 Å². The molecule has 1 amide bonds. The number of nitrogens with zero attached hydrogens (tertiary/aromatic N) is 1. The first-order valence-electron chi connectivity index (χ1n) is 9.05. The number of carbonyl (C=O) groups is 1. The lowest BCUT2D eigenvalue weighted by Gasteiger charge is -2.39. The lowest BCUT2D eigenvalue weighted by Crippen LogP contribution is -2.54. The molecule has 2 saturated carbocycles. The van der Waals surface area contributed by atoms with E-state index in [0.29, 0.717) is 24.6 Å². The summed E-state index contributed by atoms with van der Waals surface area (Å²) in [5, 5.41) is 0. The maximum Gasteiger partial charge on any atom is 0.254 e. The van der Waals surface area contributed by atoms with E-state index in [4.69, 9.17) is 14.2 Å². The second-order valence-corrected chi connectivity index (χ2v) is 7.14. The van der Waals surface area contributed by atoms with Crippen molar-refractivity contribution in [2.45, 2.75) is 43.9 Å². The van der Waals surface area contributed by atoms with Crippen LogP contribution in [0.15, 0.2) is 18.2 Å². The lowest BCUT2D eigenvalue weighted by molar-refractivity contribution is -0.106. The van der Waals surface area contributed by atoms with Gasteiger partial charge in [0.1, 0.15) is 6.10 Å². The molecule has 3 aliphatic rings.